The predicted molar refractivity (Wildman–Crippen MR) is 90.7 cm³/mol. The lowest BCUT2D eigenvalue weighted by molar-refractivity contribution is 0.0926. The zero-order valence-electron chi connectivity index (χ0n) is 13.0. The number of amides is 1. The summed E-state index contributed by atoms with van der Waals surface area (Å²) in [6, 6.07) is 11.1. The van der Waals surface area contributed by atoms with Gasteiger partial charge in [-0.25, -0.2) is 0 Å². The minimum atomic E-state index is -0.210. The van der Waals surface area contributed by atoms with Gasteiger partial charge in [-0.1, -0.05) is 24.0 Å². The number of carbonyl (C=O) groups is 1. The van der Waals surface area contributed by atoms with E-state index in [0.717, 1.165) is 24.0 Å². The predicted octanol–water partition coefficient (Wildman–Crippen LogP) is 1.73. The number of hydrogen-bond donors (Lipinski definition) is 3. The minimum absolute atomic E-state index is 0.210. The first-order valence-corrected chi connectivity index (χ1v) is 7.62. The Morgan fingerprint density at radius 1 is 1.09 bits per heavy atom. The van der Waals surface area contributed by atoms with Crippen molar-refractivity contribution in [3.8, 4) is 23.2 Å². The highest BCUT2D eigenvalue weighted by Gasteiger charge is 2.11. The maximum atomic E-state index is 12.0. The van der Waals surface area contributed by atoms with E-state index in [2.05, 4.69) is 17.2 Å². The SMILES string of the molecule is NCC#Cc1ccc(-c2ccc(C(=O)NCCCCN)o2)cc1. The van der Waals surface area contributed by atoms with E-state index in [4.69, 9.17) is 15.9 Å². The van der Waals surface area contributed by atoms with Gasteiger partial charge in [-0.3, -0.25) is 4.79 Å². The zero-order chi connectivity index (χ0) is 16.5. The molecule has 1 amide bonds. The zero-order valence-corrected chi connectivity index (χ0v) is 13.0. The van der Waals surface area contributed by atoms with E-state index < -0.39 is 0 Å². The molecule has 120 valence electrons. The van der Waals surface area contributed by atoms with Crippen LogP contribution in [0.25, 0.3) is 11.3 Å². The molecule has 0 aliphatic rings. The van der Waals surface area contributed by atoms with Crippen LogP contribution in [0.1, 0.15) is 29.0 Å². The highest BCUT2D eigenvalue weighted by Crippen LogP contribution is 2.22. The van der Waals surface area contributed by atoms with Crippen LogP contribution in [-0.4, -0.2) is 25.5 Å². The van der Waals surface area contributed by atoms with Crippen LogP contribution in [-0.2, 0) is 0 Å². The molecular weight excluding hydrogens is 290 g/mol. The largest absolute Gasteiger partial charge is 0.451 e. The first-order chi connectivity index (χ1) is 11.2. The Hall–Kier alpha value is -2.55. The fraction of sp³-hybridized carbons (Fsp3) is 0.278. The van der Waals surface area contributed by atoms with E-state index in [1.54, 1.807) is 12.1 Å². The number of unbranched alkanes of at least 4 members (excludes halogenated alkanes) is 1. The molecule has 23 heavy (non-hydrogen) atoms. The van der Waals surface area contributed by atoms with Crippen LogP contribution in [0, 0.1) is 11.8 Å². The van der Waals surface area contributed by atoms with Crippen LogP contribution in [0.5, 0.6) is 0 Å². The van der Waals surface area contributed by atoms with Gasteiger partial charge in [0.1, 0.15) is 5.76 Å². The average molecular weight is 311 g/mol. The molecule has 5 heteroatoms. The second kappa shape index (κ2) is 8.79. The fourth-order valence-corrected chi connectivity index (χ4v) is 2.04. The monoisotopic (exact) mass is 311 g/mol. The number of hydrogen-bond acceptors (Lipinski definition) is 4. The third-order valence-electron chi connectivity index (χ3n) is 3.25. The third kappa shape index (κ3) is 4.99. The molecule has 0 fully saturated rings. The molecule has 1 aromatic carbocycles. The summed E-state index contributed by atoms with van der Waals surface area (Å²) >= 11 is 0. The standard InChI is InChI=1S/C18H21N3O2/c19-11-1-2-13-21-18(22)17-10-9-16(23-17)15-7-5-14(6-8-15)4-3-12-20/h5-10H,1-2,11-13,19-20H2,(H,21,22). The van der Waals surface area contributed by atoms with E-state index in [0.29, 0.717) is 31.2 Å². The smallest absolute Gasteiger partial charge is 0.287 e. The molecule has 0 saturated heterocycles. The van der Waals surface area contributed by atoms with Gasteiger partial charge in [-0.15, -0.1) is 0 Å². The van der Waals surface area contributed by atoms with Crippen molar-refractivity contribution < 1.29 is 9.21 Å². The molecule has 0 spiro atoms. The molecular formula is C18H21N3O2. The molecule has 1 heterocycles. The quantitative estimate of drug-likeness (QED) is 0.559. The molecule has 0 bridgehead atoms. The Kier molecular flexibility index (Phi) is 6.42. The number of benzene rings is 1. The summed E-state index contributed by atoms with van der Waals surface area (Å²) in [5, 5.41) is 2.81. The molecule has 0 radical (unpaired) electrons. The highest BCUT2D eigenvalue weighted by atomic mass is 16.3. The molecule has 1 aromatic heterocycles. The molecule has 0 saturated carbocycles. The Morgan fingerprint density at radius 2 is 1.87 bits per heavy atom. The van der Waals surface area contributed by atoms with Crippen molar-refractivity contribution in [1.29, 1.82) is 0 Å². The number of furan rings is 1. The van der Waals surface area contributed by atoms with Gasteiger partial charge in [-0.05, 0) is 43.7 Å². The lowest BCUT2D eigenvalue weighted by Crippen LogP contribution is -2.24. The van der Waals surface area contributed by atoms with E-state index in [1.807, 2.05) is 24.3 Å². The van der Waals surface area contributed by atoms with Crippen LogP contribution in [0.3, 0.4) is 0 Å². The van der Waals surface area contributed by atoms with Crippen molar-refractivity contribution in [2.24, 2.45) is 11.5 Å². The first-order valence-electron chi connectivity index (χ1n) is 7.62. The van der Waals surface area contributed by atoms with Crippen LogP contribution in [0.4, 0.5) is 0 Å². The summed E-state index contributed by atoms with van der Waals surface area (Å²) < 4.78 is 5.62. The van der Waals surface area contributed by atoms with Gasteiger partial charge in [0.15, 0.2) is 5.76 Å². The Labute approximate surface area is 136 Å². The lowest BCUT2D eigenvalue weighted by Gasteiger charge is -2.02. The van der Waals surface area contributed by atoms with Crippen LogP contribution in [0.15, 0.2) is 40.8 Å². The second-order valence-electron chi connectivity index (χ2n) is 5.00. The van der Waals surface area contributed by atoms with E-state index >= 15 is 0 Å². The molecule has 0 atom stereocenters. The summed E-state index contributed by atoms with van der Waals surface area (Å²) in [6.45, 7) is 1.57. The van der Waals surface area contributed by atoms with E-state index in [9.17, 15) is 4.79 Å². The number of nitrogens with one attached hydrogen (secondary N) is 1. The first kappa shape index (κ1) is 16.8. The molecule has 0 unspecified atom stereocenters. The normalized spacial score (nSPS) is 10.0. The molecule has 2 rings (SSSR count). The minimum Gasteiger partial charge on any atom is -0.451 e. The number of carbonyl (C=O) groups excluding carboxylic acids is 1. The summed E-state index contributed by atoms with van der Waals surface area (Å²) in [5.41, 5.74) is 12.5. The van der Waals surface area contributed by atoms with Gasteiger partial charge >= 0.3 is 0 Å². The molecule has 2 aromatic rings. The van der Waals surface area contributed by atoms with Crippen molar-refractivity contribution in [2.75, 3.05) is 19.6 Å². The van der Waals surface area contributed by atoms with Crippen molar-refractivity contribution in [3.05, 3.63) is 47.7 Å². The highest BCUT2D eigenvalue weighted by molar-refractivity contribution is 5.92. The van der Waals surface area contributed by atoms with E-state index in [1.165, 1.54) is 0 Å². The molecule has 5 N–H and O–H groups in total. The Balaban J connectivity index is 1.99. The summed E-state index contributed by atoms with van der Waals surface area (Å²) in [6.07, 6.45) is 1.75. The molecule has 0 aliphatic heterocycles. The van der Waals surface area contributed by atoms with Crippen molar-refractivity contribution in [1.82, 2.24) is 5.32 Å². The maximum absolute atomic E-state index is 12.0. The average Bonchev–Trinajstić information content (AvgIpc) is 3.07. The Bertz CT molecular complexity index is 693. The van der Waals surface area contributed by atoms with Crippen LogP contribution in [0.2, 0.25) is 0 Å². The number of nitrogens with two attached hydrogens (primary N) is 2. The van der Waals surface area contributed by atoms with Gasteiger partial charge in [0.05, 0.1) is 6.54 Å². The fourth-order valence-electron chi connectivity index (χ4n) is 2.04. The van der Waals surface area contributed by atoms with Gasteiger partial charge in [-0.2, -0.15) is 0 Å². The second-order valence-corrected chi connectivity index (χ2v) is 5.00. The number of rotatable bonds is 6. The molecule has 5 nitrogen and oxygen atoms in total. The summed E-state index contributed by atoms with van der Waals surface area (Å²) in [5.74, 6) is 6.51. The van der Waals surface area contributed by atoms with Gasteiger partial charge in [0.25, 0.3) is 5.91 Å². The van der Waals surface area contributed by atoms with Gasteiger partial charge < -0.3 is 21.2 Å². The van der Waals surface area contributed by atoms with Gasteiger partial charge in [0.2, 0.25) is 0 Å². The third-order valence-corrected chi connectivity index (χ3v) is 3.25. The van der Waals surface area contributed by atoms with Crippen molar-refractivity contribution >= 4 is 5.91 Å². The van der Waals surface area contributed by atoms with Crippen LogP contribution >= 0.6 is 0 Å². The summed E-state index contributed by atoms with van der Waals surface area (Å²) in [7, 11) is 0. The molecule has 0 aliphatic carbocycles. The topological polar surface area (TPSA) is 94.3 Å². The lowest BCUT2D eigenvalue weighted by atomic mass is 10.1. The van der Waals surface area contributed by atoms with Crippen LogP contribution < -0.4 is 16.8 Å². The Morgan fingerprint density at radius 3 is 2.57 bits per heavy atom. The maximum Gasteiger partial charge on any atom is 0.287 e. The van der Waals surface area contributed by atoms with Gasteiger partial charge in [0, 0.05) is 17.7 Å². The summed E-state index contributed by atoms with van der Waals surface area (Å²) in [4.78, 5) is 12.0. The van der Waals surface area contributed by atoms with Crippen molar-refractivity contribution in [2.45, 2.75) is 12.8 Å². The van der Waals surface area contributed by atoms with E-state index in [-0.39, 0.29) is 5.91 Å². The van der Waals surface area contributed by atoms with Crippen molar-refractivity contribution in [3.63, 3.8) is 0 Å².